The van der Waals surface area contributed by atoms with E-state index in [2.05, 4.69) is 0 Å². The van der Waals surface area contributed by atoms with E-state index < -0.39 is 0 Å². The van der Waals surface area contributed by atoms with Gasteiger partial charge in [-0.3, -0.25) is 4.79 Å². The Morgan fingerprint density at radius 2 is 2.00 bits per heavy atom. The van der Waals surface area contributed by atoms with Crippen molar-refractivity contribution in [2.75, 3.05) is 0 Å². The number of rotatable bonds is 3. The number of aromatic hydroxyl groups is 1. The van der Waals surface area contributed by atoms with Crippen LogP contribution in [0, 0.1) is 13.8 Å². The van der Waals surface area contributed by atoms with Crippen LogP contribution in [0.5, 0.6) is 5.75 Å². The van der Waals surface area contributed by atoms with Crippen LogP contribution in [0.1, 0.15) is 21.5 Å². The maximum atomic E-state index is 12.2. The van der Waals surface area contributed by atoms with Crippen LogP contribution >= 0.6 is 0 Å². The number of nitrogens with zero attached hydrogens (tertiary/aromatic N) is 1. The molecule has 0 spiro atoms. The van der Waals surface area contributed by atoms with Gasteiger partial charge in [0.1, 0.15) is 0 Å². The minimum absolute atomic E-state index is 0.0480. The summed E-state index contributed by atoms with van der Waals surface area (Å²) in [5, 5.41) is 9.36. The molecule has 18 heavy (non-hydrogen) atoms. The lowest BCUT2D eigenvalue weighted by atomic mass is 10.0. The molecule has 0 fully saturated rings. The molecule has 0 aliphatic carbocycles. The Bertz CT molecular complexity index is 591. The first-order chi connectivity index (χ1) is 8.58. The third-order valence-corrected chi connectivity index (χ3v) is 3.07. The summed E-state index contributed by atoms with van der Waals surface area (Å²) in [7, 11) is 0. The number of Topliss-reactive ketones (excluding diaryl/α,β-unsaturated/α-hetero) is 1. The summed E-state index contributed by atoms with van der Waals surface area (Å²) in [5.41, 5.74) is 2.87. The van der Waals surface area contributed by atoms with Gasteiger partial charge in [0.25, 0.3) is 0 Å². The third kappa shape index (κ3) is 2.56. The Kier molecular flexibility index (Phi) is 3.42. The third-order valence-electron chi connectivity index (χ3n) is 3.07. The summed E-state index contributed by atoms with van der Waals surface area (Å²) in [4.78, 5) is 12.2. The molecule has 0 saturated heterocycles. The van der Waals surface area contributed by atoms with Crippen LogP contribution in [0.4, 0.5) is 0 Å². The summed E-state index contributed by atoms with van der Waals surface area (Å²) >= 11 is 0. The molecule has 1 aromatic carbocycles. The molecule has 0 radical (unpaired) electrons. The van der Waals surface area contributed by atoms with Crippen LogP contribution < -0.4 is 4.57 Å². The van der Waals surface area contributed by atoms with Crippen molar-refractivity contribution >= 4 is 5.78 Å². The van der Waals surface area contributed by atoms with E-state index in [4.69, 9.17) is 0 Å². The van der Waals surface area contributed by atoms with Crippen LogP contribution in [0.3, 0.4) is 0 Å². The van der Waals surface area contributed by atoms with Gasteiger partial charge in [-0.15, -0.1) is 0 Å². The highest BCUT2D eigenvalue weighted by Gasteiger charge is 2.15. The number of aryl methyl sites for hydroxylation is 1. The molecule has 92 valence electrons. The maximum absolute atomic E-state index is 12.2. The molecule has 0 saturated carbocycles. The summed E-state index contributed by atoms with van der Waals surface area (Å²) in [6, 6.07) is 9.02. The van der Waals surface area contributed by atoms with Crippen LogP contribution in [0.2, 0.25) is 0 Å². The van der Waals surface area contributed by atoms with Gasteiger partial charge >= 0.3 is 0 Å². The van der Waals surface area contributed by atoms with Crippen molar-refractivity contribution in [3.8, 4) is 5.75 Å². The number of hydrogen-bond donors (Lipinski definition) is 1. The fourth-order valence-corrected chi connectivity index (χ4v) is 1.91. The molecule has 1 heterocycles. The first kappa shape index (κ1) is 12.3. The lowest BCUT2D eigenvalue weighted by Crippen LogP contribution is -2.37. The fraction of sp³-hybridized carbons (Fsp3) is 0.200. The molecule has 3 nitrogen and oxygen atoms in total. The standard InChI is InChI=1S/C15H15NO2/c1-11-5-3-7-14(12(11)2)15(18)10-16-8-4-6-13(17)9-16/h3-9H,10H2,1-2H3/p+1. The van der Waals surface area contributed by atoms with E-state index >= 15 is 0 Å². The van der Waals surface area contributed by atoms with E-state index in [9.17, 15) is 9.90 Å². The zero-order valence-corrected chi connectivity index (χ0v) is 10.6. The van der Waals surface area contributed by atoms with Crippen LogP contribution in [-0.4, -0.2) is 10.9 Å². The Hall–Kier alpha value is -2.16. The number of benzene rings is 1. The van der Waals surface area contributed by atoms with Gasteiger partial charge < -0.3 is 5.11 Å². The molecule has 2 rings (SSSR count). The number of pyridine rings is 1. The fourth-order valence-electron chi connectivity index (χ4n) is 1.91. The number of ketones is 1. The highest BCUT2D eigenvalue weighted by atomic mass is 16.3. The van der Waals surface area contributed by atoms with Crippen molar-refractivity contribution in [2.45, 2.75) is 20.4 Å². The molecule has 0 bridgehead atoms. The highest BCUT2D eigenvalue weighted by molar-refractivity contribution is 5.96. The number of aromatic nitrogens is 1. The Morgan fingerprint density at radius 3 is 2.72 bits per heavy atom. The maximum Gasteiger partial charge on any atom is 0.227 e. The molecule has 3 heteroatoms. The molecule has 0 atom stereocenters. The van der Waals surface area contributed by atoms with Gasteiger partial charge in [0, 0.05) is 11.6 Å². The normalized spacial score (nSPS) is 10.3. The average molecular weight is 242 g/mol. The molecule has 0 amide bonds. The van der Waals surface area contributed by atoms with Gasteiger partial charge in [-0.05, 0) is 31.0 Å². The highest BCUT2D eigenvalue weighted by Crippen LogP contribution is 2.13. The van der Waals surface area contributed by atoms with Crippen molar-refractivity contribution in [3.63, 3.8) is 0 Å². The minimum atomic E-state index is 0.0480. The SMILES string of the molecule is Cc1cccc(C(=O)C[n+]2cccc(O)c2)c1C. The van der Waals surface area contributed by atoms with Crippen molar-refractivity contribution in [2.24, 2.45) is 0 Å². The number of carbonyl (C=O) groups is 1. The Balaban J connectivity index is 2.25. The van der Waals surface area contributed by atoms with Gasteiger partial charge in [-0.1, -0.05) is 18.2 Å². The zero-order valence-electron chi connectivity index (χ0n) is 10.6. The molecule has 1 aromatic heterocycles. The van der Waals surface area contributed by atoms with Crippen molar-refractivity contribution in [1.82, 2.24) is 0 Å². The second-order valence-corrected chi connectivity index (χ2v) is 4.41. The molecule has 1 N–H and O–H groups in total. The zero-order chi connectivity index (χ0) is 13.1. The van der Waals surface area contributed by atoms with Crippen molar-refractivity contribution in [1.29, 1.82) is 0 Å². The Morgan fingerprint density at radius 1 is 1.22 bits per heavy atom. The van der Waals surface area contributed by atoms with E-state index in [-0.39, 0.29) is 18.1 Å². The summed E-state index contributed by atoms with van der Waals surface area (Å²) in [6.45, 7) is 4.18. The van der Waals surface area contributed by atoms with E-state index in [0.717, 1.165) is 16.7 Å². The lowest BCUT2D eigenvalue weighted by molar-refractivity contribution is -0.683. The Labute approximate surface area is 106 Å². The predicted octanol–water partition coefficient (Wildman–Crippen LogP) is 2.18. The van der Waals surface area contributed by atoms with E-state index in [1.165, 1.54) is 0 Å². The summed E-state index contributed by atoms with van der Waals surface area (Å²) < 4.78 is 1.68. The van der Waals surface area contributed by atoms with E-state index in [1.807, 2.05) is 32.0 Å². The topological polar surface area (TPSA) is 41.2 Å². The lowest BCUT2D eigenvalue weighted by Gasteiger charge is -2.05. The predicted molar refractivity (Wildman–Crippen MR) is 68.5 cm³/mol. The second kappa shape index (κ2) is 5.00. The van der Waals surface area contributed by atoms with Crippen LogP contribution in [-0.2, 0) is 6.54 Å². The summed E-state index contributed by atoms with van der Waals surface area (Å²) in [6.07, 6.45) is 3.31. The van der Waals surface area contributed by atoms with Gasteiger partial charge in [0.15, 0.2) is 11.9 Å². The van der Waals surface area contributed by atoms with Gasteiger partial charge in [-0.2, -0.15) is 4.57 Å². The van der Waals surface area contributed by atoms with Gasteiger partial charge in [-0.25, -0.2) is 0 Å². The van der Waals surface area contributed by atoms with Crippen molar-refractivity contribution in [3.05, 3.63) is 59.4 Å². The molecule has 0 unspecified atom stereocenters. The van der Waals surface area contributed by atoms with Gasteiger partial charge in [0.05, 0.1) is 0 Å². The first-order valence-electron chi connectivity index (χ1n) is 5.85. The summed E-state index contributed by atoms with van der Waals surface area (Å²) in [5.74, 6) is 0.207. The molecule has 0 aliphatic rings. The second-order valence-electron chi connectivity index (χ2n) is 4.41. The van der Waals surface area contributed by atoms with Gasteiger partial charge in [0.2, 0.25) is 18.5 Å². The molecule has 2 aromatic rings. The molecular formula is C15H16NO2+. The van der Waals surface area contributed by atoms with E-state index in [1.54, 1.807) is 29.1 Å². The van der Waals surface area contributed by atoms with Crippen LogP contribution in [0.25, 0.3) is 0 Å². The van der Waals surface area contributed by atoms with E-state index in [0.29, 0.717) is 0 Å². The average Bonchev–Trinajstić information content (AvgIpc) is 2.32. The smallest absolute Gasteiger partial charge is 0.227 e. The monoisotopic (exact) mass is 242 g/mol. The van der Waals surface area contributed by atoms with Crippen molar-refractivity contribution < 1.29 is 14.5 Å². The van der Waals surface area contributed by atoms with Crippen LogP contribution in [0.15, 0.2) is 42.7 Å². The first-order valence-corrected chi connectivity index (χ1v) is 5.85. The minimum Gasteiger partial charge on any atom is -0.503 e. The largest absolute Gasteiger partial charge is 0.503 e. The number of carbonyl (C=O) groups excluding carboxylic acids is 1. The quantitative estimate of drug-likeness (QED) is 0.662. The molecule has 0 aliphatic heterocycles. The molecular weight excluding hydrogens is 226 g/mol. The number of hydrogen-bond acceptors (Lipinski definition) is 2.